The smallest absolute Gasteiger partial charge is 0.153 e. The fourth-order valence-electron chi connectivity index (χ4n) is 14.8. The van der Waals surface area contributed by atoms with Crippen molar-refractivity contribution in [2.45, 2.75) is 184 Å². The van der Waals surface area contributed by atoms with Crippen molar-refractivity contribution in [3.8, 4) is 11.8 Å². The van der Waals surface area contributed by atoms with Crippen LogP contribution in [0.3, 0.4) is 0 Å². The van der Waals surface area contributed by atoms with Gasteiger partial charge in [0.25, 0.3) is 0 Å². The summed E-state index contributed by atoms with van der Waals surface area (Å²) in [5.41, 5.74) is 5.42. The van der Waals surface area contributed by atoms with Crippen molar-refractivity contribution in [1.82, 2.24) is 0 Å². The fourth-order valence-corrected chi connectivity index (χ4v) is 14.8. The van der Waals surface area contributed by atoms with Gasteiger partial charge in [-0.1, -0.05) is 43.3 Å². The largest absolute Gasteiger partial charge is 0.393 e. The molecule has 9 nitrogen and oxygen atoms in total. The lowest BCUT2D eigenvalue weighted by Crippen LogP contribution is -2.96. The van der Waals surface area contributed by atoms with E-state index in [9.17, 15) is 24.9 Å². The highest BCUT2D eigenvalue weighted by molar-refractivity contribution is 5.89. The maximum atomic E-state index is 14.4. The molecule has 0 aromatic rings. The number of piperidine rings is 2. The van der Waals surface area contributed by atoms with Gasteiger partial charge in [0.15, 0.2) is 5.78 Å². The Bertz CT molecular complexity index is 1520. The van der Waals surface area contributed by atoms with Crippen molar-refractivity contribution < 1.29 is 40.3 Å². The standard InChI is InChI=1S/C50H79N3O6/c1-59-46-25-37-11-16-47(57)50(21-18-35(26-48(50)58)33-10-14-41-38(23-33)30-53-44-28-40(55)13-15-42(41)44)20-17-32(43(37)29-45(46)56)9-12-39(54)24-34(36-19-22-52-49(51)27-36)8-7-31-5-3-2-4-6-31/h7-8,31-39,41-46,48-49,52-54,56,58H,2-6,9-16,18-19,21-30,51H2,1H3/p+2/t32-,33+,34-,35-,36?,37?,38-,39-,41+,42-,43?,44+,45?,46?,48+,49?,50-/m0/s1. The molecule has 5 saturated carbocycles. The first-order valence-electron chi connectivity index (χ1n) is 24.8. The molecule has 6 aliphatic carbocycles. The molecule has 1 spiro atoms. The molecule has 8 aliphatic rings. The van der Waals surface area contributed by atoms with Crippen molar-refractivity contribution in [3.63, 3.8) is 0 Å². The number of ketones is 2. The zero-order valence-electron chi connectivity index (χ0n) is 36.4. The summed E-state index contributed by atoms with van der Waals surface area (Å²) in [5.74, 6) is 12.6. The summed E-state index contributed by atoms with van der Waals surface area (Å²) in [5, 5.41) is 40.0. The maximum absolute atomic E-state index is 14.4. The molecular formula is C50H81N3O6+2. The van der Waals surface area contributed by atoms with Crippen LogP contribution in [0, 0.1) is 82.4 Å². The van der Waals surface area contributed by atoms with Crippen LogP contribution in [-0.4, -0.2) is 83.7 Å². The molecule has 2 heterocycles. The number of fused-ring (bicyclic) bond motifs is 4. The van der Waals surface area contributed by atoms with Crippen molar-refractivity contribution in [2.24, 2.45) is 76.2 Å². The first-order chi connectivity index (χ1) is 28.6. The van der Waals surface area contributed by atoms with Gasteiger partial charge in [-0.3, -0.25) is 15.3 Å². The van der Waals surface area contributed by atoms with Crippen LogP contribution in [0.4, 0.5) is 0 Å². The minimum Gasteiger partial charge on any atom is -0.393 e. The predicted octanol–water partition coefficient (Wildman–Crippen LogP) is 4.41. The average Bonchev–Trinajstić information content (AvgIpc) is 3.29. The molecule has 17 atom stereocenters. The number of Topliss-reactive ketones (excluding diaryl/α,β-unsaturated/α-hetero) is 2. The monoisotopic (exact) mass is 820 g/mol. The highest BCUT2D eigenvalue weighted by atomic mass is 16.5. The summed E-state index contributed by atoms with van der Waals surface area (Å²) in [6.07, 6.45) is 24.5. The Balaban J connectivity index is 0.957. The number of allylic oxidation sites excluding steroid dienone is 2. The third kappa shape index (κ3) is 10.1. The van der Waals surface area contributed by atoms with Gasteiger partial charge < -0.3 is 30.7 Å². The molecule has 7 fully saturated rings. The van der Waals surface area contributed by atoms with E-state index < -0.39 is 23.7 Å². The molecule has 9 heteroatoms. The number of carbonyl (C=O) groups is 2. The molecule has 6 unspecified atom stereocenters. The van der Waals surface area contributed by atoms with Gasteiger partial charge >= 0.3 is 0 Å². The molecule has 2 aliphatic heterocycles. The van der Waals surface area contributed by atoms with Crippen LogP contribution in [0.1, 0.15) is 148 Å². The Hall–Kier alpha value is -1.64. The van der Waals surface area contributed by atoms with Gasteiger partial charge in [0.05, 0.1) is 50.0 Å². The van der Waals surface area contributed by atoms with Gasteiger partial charge in [0.2, 0.25) is 0 Å². The molecule has 0 aromatic heterocycles. The van der Waals surface area contributed by atoms with E-state index in [-0.39, 0.29) is 35.8 Å². The van der Waals surface area contributed by atoms with Crippen LogP contribution in [-0.2, 0) is 14.3 Å². The molecule has 9 N–H and O–H groups in total. The van der Waals surface area contributed by atoms with Crippen LogP contribution in [0.2, 0.25) is 0 Å². The quantitative estimate of drug-likeness (QED) is 0.141. The Morgan fingerprint density at radius 1 is 0.864 bits per heavy atom. The number of carbonyl (C=O) groups excluding carboxylic acids is 2. The number of aliphatic hydroxyl groups excluding tert-OH is 3. The van der Waals surface area contributed by atoms with Crippen LogP contribution in [0.15, 0.2) is 12.2 Å². The second-order valence-corrected chi connectivity index (χ2v) is 21.6. The first kappa shape index (κ1) is 44.0. The molecule has 0 aromatic carbocycles. The van der Waals surface area contributed by atoms with Gasteiger partial charge in [-0.25, -0.2) is 0 Å². The van der Waals surface area contributed by atoms with E-state index in [1.54, 1.807) is 7.11 Å². The van der Waals surface area contributed by atoms with E-state index in [0.717, 1.165) is 76.8 Å². The Morgan fingerprint density at radius 3 is 2.49 bits per heavy atom. The number of hydrogen-bond donors (Lipinski definition) is 6. The van der Waals surface area contributed by atoms with Crippen molar-refractivity contribution >= 4 is 11.6 Å². The second-order valence-electron chi connectivity index (χ2n) is 21.6. The summed E-state index contributed by atoms with van der Waals surface area (Å²) in [4.78, 5) is 26.6. The number of rotatable bonds is 10. The normalized spacial score (nSPS) is 44.6. The number of methoxy groups -OCH3 is 1. The number of ether oxygens (including phenoxy) is 1. The lowest BCUT2D eigenvalue weighted by molar-refractivity contribution is -0.715. The SMILES string of the molecule is COC1CC2CCC(=O)[C@]3(C#C[C@H](CC[C@H](O)C[C@H](C=CC4CCCCC4)C4CC[NH2+]C(N)C4)C2CC1O)CC[C@H]([C@@H]1CC[C@@H]2[C@H](C[NH2+][C@@H]4CC(=O)CC[C@@H]24)C1)C[C@H]3O. The minimum absolute atomic E-state index is 0.0690. The van der Waals surface area contributed by atoms with Crippen LogP contribution in [0.5, 0.6) is 0 Å². The Morgan fingerprint density at radius 2 is 1.69 bits per heavy atom. The number of quaternary nitrogens is 2. The Labute approximate surface area is 355 Å². The van der Waals surface area contributed by atoms with Gasteiger partial charge in [-0.2, -0.15) is 0 Å². The van der Waals surface area contributed by atoms with E-state index in [1.165, 1.54) is 51.4 Å². The molecule has 0 radical (unpaired) electrons. The lowest BCUT2D eigenvalue weighted by atomic mass is 9.57. The van der Waals surface area contributed by atoms with Gasteiger partial charge in [0, 0.05) is 50.5 Å². The maximum Gasteiger partial charge on any atom is 0.153 e. The zero-order valence-corrected chi connectivity index (χ0v) is 36.4. The van der Waals surface area contributed by atoms with E-state index >= 15 is 0 Å². The summed E-state index contributed by atoms with van der Waals surface area (Å²) in [7, 11) is 1.68. The molecule has 8 rings (SSSR count). The van der Waals surface area contributed by atoms with Gasteiger partial charge in [-0.15, -0.1) is 0 Å². The van der Waals surface area contributed by atoms with E-state index in [0.29, 0.717) is 91.8 Å². The highest BCUT2D eigenvalue weighted by Crippen LogP contribution is 2.51. The molecule has 0 bridgehead atoms. The molecule has 330 valence electrons. The van der Waals surface area contributed by atoms with Crippen molar-refractivity contribution in [3.05, 3.63) is 12.2 Å². The predicted molar refractivity (Wildman–Crippen MR) is 228 cm³/mol. The zero-order chi connectivity index (χ0) is 41.1. The van der Waals surface area contributed by atoms with Crippen LogP contribution >= 0.6 is 0 Å². The fraction of sp³-hybridized carbons (Fsp3) is 0.880. The summed E-state index contributed by atoms with van der Waals surface area (Å²) >= 11 is 0. The topological polar surface area (TPSA) is 163 Å². The Kier molecular flexibility index (Phi) is 14.8. The summed E-state index contributed by atoms with van der Waals surface area (Å²) in [6.45, 7) is 2.17. The number of aliphatic hydroxyl groups is 3. The summed E-state index contributed by atoms with van der Waals surface area (Å²) < 4.78 is 5.77. The van der Waals surface area contributed by atoms with Crippen molar-refractivity contribution in [1.29, 1.82) is 0 Å². The van der Waals surface area contributed by atoms with E-state index in [2.05, 4.69) is 34.6 Å². The van der Waals surface area contributed by atoms with Gasteiger partial charge in [-0.05, 0) is 144 Å². The van der Waals surface area contributed by atoms with E-state index in [1.807, 2.05) is 0 Å². The summed E-state index contributed by atoms with van der Waals surface area (Å²) in [6, 6.07) is 0.489. The molecule has 59 heavy (non-hydrogen) atoms. The average molecular weight is 820 g/mol. The third-order valence-corrected chi connectivity index (χ3v) is 18.3. The minimum atomic E-state index is -1.04. The van der Waals surface area contributed by atoms with Crippen molar-refractivity contribution in [2.75, 3.05) is 20.2 Å². The first-order valence-corrected chi connectivity index (χ1v) is 24.8. The van der Waals surface area contributed by atoms with E-state index in [4.69, 9.17) is 10.5 Å². The van der Waals surface area contributed by atoms with Crippen LogP contribution < -0.4 is 16.4 Å². The highest BCUT2D eigenvalue weighted by Gasteiger charge is 2.52. The number of hydrogen-bond acceptors (Lipinski definition) is 7. The molecular weight excluding hydrogens is 739 g/mol. The van der Waals surface area contributed by atoms with Gasteiger partial charge in [0.1, 0.15) is 17.4 Å². The second kappa shape index (κ2) is 19.8. The van der Waals surface area contributed by atoms with Crippen LogP contribution in [0.25, 0.3) is 0 Å². The molecule has 0 amide bonds. The lowest BCUT2D eigenvalue weighted by Gasteiger charge is -2.50. The third-order valence-electron chi connectivity index (χ3n) is 18.3. The number of nitrogens with two attached hydrogens (primary N) is 3. The molecule has 2 saturated heterocycles.